The summed E-state index contributed by atoms with van der Waals surface area (Å²) in [6, 6.07) is 10.2. The monoisotopic (exact) mass is 206 g/mol. The van der Waals surface area contributed by atoms with Gasteiger partial charge in [0.05, 0.1) is 6.07 Å². The van der Waals surface area contributed by atoms with Crippen LogP contribution in [0.15, 0.2) is 29.2 Å². The second kappa shape index (κ2) is 4.50. The standard InChI is InChI=1S/C11H14N2S/c1-9-5-3-4-6-10(9)14-8-11(2,13)7-12/h3-6H,8,13H2,1-2H3. The van der Waals surface area contributed by atoms with E-state index in [1.807, 2.05) is 18.2 Å². The molecule has 0 aliphatic carbocycles. The number of thioether (sulfide) groups is 1. The highest BCUT2D eigenvalue weighted by atomic mass is 32.2. The zero-order valence-corrected chi connectivity index (χ0v) is 9.27. The molecule has 0 spiro atoms. The Morgan fingerprint density at radius 2 is 2.14 bits per heavy atom. The van der Waals surface area contributed by atoms with Gasteiger partial charge in [0.1, 0.15) is 5.54 Å². The highest BCUT2D eigenvalue weighted by Crippen LogP contribution is 2.24. The molecule has 0 radical (unpaired) electrons. The van der Waals surface area contributed by atoms with Crippen LogP contribution in [0.5, 0.6) is 0 Å². The van der Waals surface area contributed by atoms with Crippen LogP contribution in [0.2, 0.25) is 0 Å². The molecular formula is C11H14N2S. The maximum absolute atomic E-state index is 8.75. The summed E-state index contributed by atoms with van der Waals surface area (Å²) in [5.74, 6) is 0.619. The zero-order valence-electron chi connectivity index (χ0n) is 8.45. The minimum Gasteiger partial charge on any atom is -0.313 e. The van der Waals surface area contributed by atoms with Crippen LogP contribution in [0.25, 0.3) is 0 Å². The second-order valence-corrected chi connectivity index (χ2v) is 4.60. The van der Waals surface area contributed by atoms with Crippen LogP contribution in [0.3, 0.4) is 0 Å². The number of hydrogen-bond acceptors (Lipinski definition) is 3. The van der Waals surface area contributed by atoms with E-state index in [1.165, 1.54) is 10.5 Å². The number of aryl methyl sites for hydroxylation is 1. The molecule has 0 fully saturated rings. The minimum atomic E-state index is -0.743. The van der Waals surface area contributed by atoms with Gasteiger partial charge in [-0.1, -0.05) is 18.2 Å². The van der Waals surface area contributed by atoms with E-state index >= 15 is 0 Å². The van der Waals surface area contributed by atoms with Crippen LogP contribution in [0.1, 0.15) is 12.5 Å². The molecule has 2 nitrogen and oxygen atoms in total. The topological polar surface area (TPSA) is 49.8 Å². The van der Waals surface area contributed by atoms with Crippen molar-refractivity contribution in [3.05, 3.63) is 29.8 Å². The molecule has 0 aliphatic heterocycles. The highest BCUT2D eigenvalue weighted by molar-refractivity contribution is 7.99. The van der Waals surface area contributed by atoms with E-state index < -0.39 is 5.54 Å². The van der Waals surface area contributed by atoms with Crippen molar-refractivity contribution in [3.63, 3.8) is 0 Å². The third-order valence-electron chi connectivity index (χ3n) is 1.88. The molecule has 14 heavy (non-hydrogen) atoms. The Kier molecular flexibility index (Phi) is 3.56. The molecule has 1 aromatic rings. The normalized spacial score (nSPS) is 14.4. The summed E-state index contributed by atoms with van der Waals surface area (Å²) in [6.07, 6.45) is 0. The summed E-state index contributed by atoms with van der Waals surface area (Å²) in [7, 11) is 0. The van der Waals surface area contributed by atoms with Crippen LogP contribution >= 0.6 is 11.8 Å². The summed E-state index contributed by atoms with van der Waals surface area (Å²) < 4.78 is 0. The van der Waals surface area contributed by atoms with Crippen LogP contribution < -0.4 is 5.73 Å². The van der Waals surface area contributed by atoms with Gasteiger partial charge < -0.3 is 5.73 Å². The second-order valence-electron chi connectivity index (χ2n) is 3.58. The van der Waals surface area contributed by atoms with Gasteiger partial charge in [0, 0.05) is 10.6 Å². The maximum atomic E-state index is 8.75. The molecule has 1 rings (SSSR count). The molecular weight excluding hydrogens is 192 g/mol. The van der Waals surface area contributed by atoms with Crippen molar-refractivity contribution >= 4 is 11.8 Å². The Morgan fingerprint density at radius 3 is 2.71 bits per heavy atom. The average molecular weight is 206 g/mol. The molecule has 0 amide bonds. The van der Waals surface area contributed by atoms with E-state index in [0.29, 0.717) is 5.75 Å². The smallest absolute Gasteiger partial charge is 0.110 e. The van der Waals surface area contributed by atoms with Gasteiger partial charge in [-0.05, 0) is 25.5 Å². The van der Waals surface area contributed by atoms with Gasteiger partial charge >= 0.3 is 0 Å². The average Bonchev–Trinajstić information content (AvgIpc) is 2.17. The Labute approximate surface area is 89.1 Å². The van der Waals surface area contributed by atoms with Crippen molar-refractivity contribution in [1.82, 2.24) is 0 Å². The fourth-order valence-electron chi connectivity index (χ4n) is 0.978. The summed E-state index contributed by atoms with van der Waals surface area (Å²) in [6.45, 7) is 3.81. The fourth-order valence-corrected chi connectivity index (χ4v) is 1.97. The summed E-state index contributed by atoms with van der Waals surface area (Å²) in [5.41, 5.74) is 6.22. The van der Waals surface area contributed by atoms with E-state index in [0.717, 1.165) is 0 Å². The van der Waals surface area contributed by atoms with Gasteiger partial charge in [-0.15, -0.1) is 11.8 Å². The van der Waals surface area contributed by atoms with Crippen molar-refractivity contribution in [2.45, 2.75) is 24.3 Å². The lowest BCUT2D eigenvalue weighted by Gasteiger charge is -2.15. The number of nitriles is 1. The van der Waals surface area contributed by atoms with E-state index in [4.69, 9.17) is 11.0 Å². The molecule has 1 unspecified atom stereocenters. The lowest BCUT2D eigenvalue weighted by Crippen LogP contribution is -2.36. The number of nitrogens with zero attached hydrogens (tertiary/aromatic N) is 1. The fraction of sp³-hybridized carbons (Fsp3) is 0.364. The van der Waals surface area contributed by atoms with Gasteiger partial charge in [0.15, 0.2) is 0 Å². The molecule has 0 aromatic heterocycles. The predicted octanol–water partition coefficient (Wildman–Crippen LogP) is 2.33. The molecule has 0 saturated heterocycles. The van der Waals surface area contributed by atoms with Crippen LogP contribution in [0, 0.1) is 18.3 Å². The number of rotatable bonds is 3. The lowest BCUT2D eigenvalue weighted by atomic mass is 10.1. The zero-order chi connectivity index (χ0) is 10.6. The molecule has 0 bridgehead atoms. The Balaban J connectivity index is 2.64. The molecule has 1 aromatic carbocycles. The first-order chi connectivity index (χ1) is 6.55. The Hall–Kier alpha value is -0.980. The largest absolute Gasteiger partial charge is 0.313 e. The molecule has 74 valence electrons. The van der Waals surface area contributed by atoms with E-state index in [1.54, 1.807) is 18.7 Å². The summed E-state index contributed by atoms with van der Waals surface area (Å²) in [4.78, 5) is 1.19. The first kappa shape index (κ1) is 11.1. The molecule has 0 aliphatic rings. The molecule has 0 saturated carbocycles. The Bertz CT molecular complexity index is 353. The van der Waals surface area contributed by atoms with Crippen LogP contribution in [0.4, 0.5) is 0 Å². The molecule has 1 atom stereocenters. The van der Waals surface area contributed by atoms with Crippen molar-refractivity contribution < 1.29 is 0 Å². The number of benzene rings is 1. The van der Waals surface area contributed by atoms with E-state index in [9.17, 15) is 0 Å². The SMILES string of the molecule is Cc1ccccc1SCC(C)(N)C#N. The lowest BCUT2D eigenvalue weighted by molar-refractivity contribution is 0.682. The maximum Gasteiger partial charge on any atom is 0.110 e. The van der Waals surface area contributed by atoms with Crippen molar-refractivity contribution in [1.29, 1.82) is 5.26 Å². The molecule has 0 heterocycles. The van der Waals surface area contributed by atoms with Gasteiger partial charge in [-0.25, -0.2) is 0 Å². The molecule has 3 heteroatoms. The predicted molar refractivity (Wildman–Crippen MR) is 60.1 cm³/mol. The van der Waals surface area contributed by atoms with E-state index in [2.05, 4.69) is 19.1 Å². The quantitative estimate of drug-likeness (QED) is 0.772. The Morgan fingerprint density at radius 1 is 1.50 bits per heavy atom. The van der Waals surface area contributed by atoms with Gasteiger partial charge in [0.25, 0.3) is 0 Å². The van der Waals surface area contributed by atoms with E-state index in [-0.39, 0.29) is 0 Å². The number of nitrogens with two attached hydrogens (primary N) is 1. The van der Waals surface area contributed by atoms with Crippen molar-refractivity contribution in [2.24, 2.45) is 5.73 Å². The minimum absolute atomic E-state index is 0.619. The van der Waals surface area contributed by atoms with Crippen molar-refractivity contribution in [2.75, 3.05) is 5.75 Å². The van der Waals surface area contributed by atoms with Gasteiger partial charge in [-0.3, -0.25) is 0 Å². The summed E-state index contributed by atoms with van der Waals surface area (Å²) in [5, 5.41) is 8.75. The number of hydrogen-bond donors (Lipinski definition) is 1. The van der Waals surface area contributed by atoms with Crippen molar-refractivity contribution in [3.8, 4) is 6.07 Å². The van der Waals surface area contributed by atoms with Gasteiger partial charge in [-0.2, -0.15) is 5.26 Å². The highest BCUT2D eigenvalue weighted by Gasteiger charge is 2.17. The van der Waals surface area contributed by atoms with Crippen LogP contribution in [-0.2, 0) is 0 Å². The third kappa shape index (κ3) is 3.06. The first-order valence-electron chi connectivity index (χ1n) is 4.44. The first-order valence-corrected chi connectivity index (χ1v) is 5.42. The summed E-state index contributed by atoms with van der Waals surface area (Å²) >= 11 is 1.63. The van der Waals surface area contributed by atoms with Crippen LogP contribution in [-0.4, -0.2) is 11.3 Å². The van der Waals surface area contributed by atoms with Gasteiger partial charge in [0.2, 0.25) is 0 Å². The molecule has 2 N–H and O–H groups in total. The third-order valence-corrected chi connectivity index (χ3v) is 3.39.